The van der Waals surface area contributed by atoms with Crippen LogP contribution in [0.4, 0.5) is 10.1 Å². The number of aromatic nitrogens is 5. The second-order valence-electron chi connectivity index (χ2n) is 9.82. The van der Waals surface area contributed by atoms with Crippen LogP contribution < -0.4 is 4.90 Å². The Bertz CT molecular complexity index is 1340. The fraction of sp³-hybridized carbons (Fsp3) is 0.346. The summed E-state index contributed by atoms with van der Waals surface area (Å²) in [5.74, 6) is 0.491. The number of rotatable bonds is 2. The van der Waals surface area contributed by atoms with Crippen LogP contribution in [0.3, 0.4) is 0 Å². The molecule has 0 radical (unpaired) electrons. The van der Waals surface area contributed by atoms with Gasteiger partial charge in [-0.05, 0) is 89.1 Å². The largest absolute Gasteiger partial charge is 0.371 e. The Balaban J connectivity index is 1.26. The quantitative estimate of drug-likeness (QED) is 0.385. The number of tetrazole rings is 1. The standard InChI is InChI=1S/C26H25FN6/c27-21-4-2-18(3-5-21)19-15-24-25-28-29-30-33(25)23-7-6-22(14-20(23)17-32(24)16-19)31-12-10-26(11-13-31)8-1-9-26/h2-7,14-16H,1,8-13,17H2. The molecule has 1 saturated carbocycles. The van der Waals surface area contributed by atoms with Crippen LogP contribution >= 0.6 is 0 Å². The van der Waals surface area contributed by atoms with Gasteiger partial charge in [0.05, 0.1) is 11.4 Å². The van der Waals surface area contributed by atoms with Crippen LogP contribution in [0.5, 0.6) is 0 Å². The van der Waals surface area contributed by atoms with E-state index < -0.39 is 0 Å². The Kier molecular flexibility index (Phi) is 4.04. The Morgan fingerprint density at radius 2 is 1.70 bits per heavy atom. The molecule has 2 aromatic carbocycles. The van der Waals surface area contributed by atoms with Gasteiger partial charge in [-0.25, -0.2) is 4.39 Å². The van der Waals surface area contributed by atoms with Gasteiger partial charge in [0.15, 0.2) is 0 Å². The molecule has 4 aromatic rings. The minimum Gasteiger partial charge on any atom is -0.371 e. The van der Waals surface area contributed by atoms with Crippen LogP contribution in [0, 0.1) is 11.2 Å². The topological polar surface area (TPSA) is 51.8 Å². The molecule has 33 heavy (non-hydrogen) atoms. The summed E-state index contributed by atoms with van der Waals surface area (Å²) in [4.78, 5) is 2.54. The smallest absolute Gasteiger partial charge is 0.203 e. The Morgan fingerprint density at radius 3 is 2.45 bits per heavy atom. The first-order valence-corrected chi connectivity index (χ1v) is 11.8. The molecule has 0 bridgehead atoms. The average molecular weight is 441 g/mol. The van der Waals surface area contributed by atoms with Crippen LogP contribution in [0.15, 0.2) is 54.7 Å². The van der Waals surface area contributed by atoms with E-state index in [1.54, 1.807) is 0 Å². The number of benzene rings is 2. The Hall–Kier alpha value is -3.48. The molecule has 0 amide bonds. The highest BCUT2D eigenvalue weighted by Gasteiger charge is 2.39. The molecule has 166 valence electrons. The van der Waals surface area contributed by atoms with Crippen LogP contribution in [0.25, 0.3) is 28.3 Å². The summed E-state index contributed by atoms with van der Waals surface area (Å²) in [5, 5.41) is 12.6. The van der Waals surface area contributed by atoms with Gasteiger partial charge >= 0.3 is 0 Å². The lowest BCUT2D eigenvalue weighted by molar-refractivity contribution is 0.0955. The van der Waals surface area contributed by atoms with E-state index in [-0.39, 0.29) is 5.82 Å². The molecule has 4 heterocycles. The molecule has 0 N–H and O–H groups in total. The van der Waals surface area contributed by atoms with Crippen LogP contribution in [0.1, 0.15) is 37.7 Å². The monoisotopic (exact) mass is 440 g/mol. The van der Waals surface area contributed by atoms with Gasteiger partial charge in [-0.2, -0.15) is 4.68 Å². The lowest BCUT2D eigenvalue weighted by atomic mass is 9.63. The van der Waals surface area contributed by atoms with Gasteiger partial charge < -0.3 is 9.47 Å². The maximum atomic E-state index is 13.4. The van der Waals surface area contributed by atoms with E-state index in [4.69, 9.17) is 0 Å². The number of fused-ring (bicyclic) bond motifs is 5. The highest BCUT2D eigenvalue weighted by molar-refractivity contribution is 5.71. The van der Waals surface area contributed by atoms with Gasteiger partial charge in [-0.1, -0.05) is 18.6 Å². The summed E-state index contributed by atoms with van der Waals surface area (Å²) in [6, 6.07) is 15.4. The fourth-order valence-corrected chi connectivity index (χ4v) is 5.84. The Labute approximate surface area is 191 Å². The highest BCUT2D eigenvalue weighted by atomic mass is 19.1. The molecule has 1 aliphatic carbocycles. The minimum absolute atomic E-state index is 0.231. The van der Waals surface area contributed by atoms with Crippen molar-refractivity contribution in [2.75, 3.05) is 18.0 Å². The molecule has 7 heteroatoms. The van der Waals surface area contributed by atoms with Crippen molar-refractivity contribution < 1.29 is 4.39 Å². The molecule has 6 nitrogen and oxygen atoms in total. The van der Waals surface area contributed by atoms with Crippen molar-refractivity contribution in [3.8, 4) is 28.3 Å². The number of piperidine rings is 1. The van der Waals surface area contributed by atoms with E-state index in [0.717, 1.165) is 48.0 Å². The van der Waals surface area contributed by atoms with E-state index in [1.165, 1.54) is 55.5 Å². The van der Waals surface area contributed by atoms with Crippen molar-refractivity contribution in [2.24, 2.45) is 5.41 Å². The zero-order valence-electron chi connectivity index (χ0n) is 18.4. The average Bonchev–Trinajstić information content (AvgIpc) is 3.44. The van der Waals surface area contributed by atoms with Crippen molar-refractivity contribution in [3.63, 3.8) is 0 Å². The third-order valence-corrected chi connectivity index (χ3v) is 8.01. The Morgan fingerprint density at radius 1 is 0.879 bits per heavy atom. The third kappa shape index (κ3) is 3.02. The second-order valence-corrected chi connectivity index (χ2v) is 9.82. The second kappa shape index (κ2) is 7.01. The maximum absolute atomic E-state index is 13.4. The molecule has 7 rings (SSSR count). The number of halogens is 1. The summed E-state index contributed by atoms with van der Waals surface area (Å²) >= 11 is 0. The van der Waals surface area contributed by atoms with Gasteiger partial charge in [0.1, 0.15) is 5.82 Å². The zero-order valence-corrected chi connectivity index (χ0v) is 18.4. The van der Waals surface area contributed by atoms with Crippen molar-refractivity contribution >= 4 is 5.69 Å². The SMILES string of the molecule is Fc1ccc(-c2cc3n(c2)Cc2cc(N4CCC5(CCC5)CC4)ccc2-n2nnnc2-3)cc1. The summed E-state index contributed by atoms with van der Waals surface area (Å²) in [6.45, 7) is 3.00. The lowest BCUT2D eigenvalue weighted by Gasteiger charge is -2.48. The maximum Gasteiger partial charge on any atom is 0.203 e. The summed E-state index contributed by atoms with van der Waals surface area (Å²) < 4.78 is 17.5. The third-order valence-electron chi connectivity index (χ3n) is 8.01. The van der Waals surface area contributed by atoms with E-state index in [1.807, 2.05) is 16.8 Å². The van der Waals surface area contributed by atoms with Crippen molar-refractivity contribution in [3.05, 3.63) is 66.1 Å². The lowest BCUT2D eigenvalue weighted by Crippen LogP contribution is -2.43. The van der Waals surface area contributed by atoms with Crippen LogP contribution in [-0.4, -0.2) is 37.9 Å². The summed E-state index contributed by atoms with van der Waals surface area (Å²) in [5.41, 5.74) is 7.11. The first-order valence-electron chi connectivity index (χ1n) is 11.8. The molecule has 2 fully saturated rings. The van der Waals surface area contributed by atoms with E-state index in [2.05, 4.69) is 55.5 Å². The summed E-state index contributed by atoms with van der Waals surface area (Å²) in [7, 11) is 0. The molecule has 0 atom stereocenters. The van der Waals surface area contributed by atoms with Crippen LogP contribution in [-0.2, 0) is 6.54 Å². The van der Waals surface area contributed by atoms with E-state index in [9.17, 15) is 4.39 Å². The summed E-state index contributed by atoms with van der Waals surface area (Å²) in [6.07, 6.45) is 8.98. The molecule has 1 spiro atoms. The molecule has 2 aliphatic heterocycles. The first kappa shape index (κ1) is 19.0. The van der Waals surface area contributed by atoms with E-state index in [0.29, 0.717) is 5.41 Å². The molecular weight excluding hydrogens is 415 g/mol. The number of nitrogens with zero attached hydrogens (tertiary/aromatic N) is 6. The fourth-order valence-electron chi connectivity index (χ4n) is 5.84. The van der Waals surface area contributed by atoms with Crippen LogP contribution in [0.2, 0.25) is 0 Å². The van der Waals surface area contributed by atoms with Gasteiger partial charge in [0, 0.05) is 37.1 Å². The van der Waals surface area contributed by atoms with Gasteiger partial charge in [-0.3, -0.25) is 0 Å². The van der Waals surface area contributed by atoms with Crippen molar-refractivity contribution in [1.29, 1.82) is 0 Å². The molecule has 1 saturated heterocycles. The van der Waals surface area contributed by atoms with E-state index >= 15 is 0 Å². The molecule has 3 aliphatic rings. The number of hydrogen-bond donors (Lipinski definition) is 0. The predicted molar refractivity (Wildman–Crippen MR) is 125 cm³/mol. The van der Waals surface area contributed by atoms with Gasteiger partial charge in [0.25, 0.3) is 0 Å². The van der Waals surface area contributed by atoms with Crippen molar-refractivity contribution in [2.45, 2.75) is 38.6 Å². The number of hydrogen-bond acceptors (Lipinski definition) is 4. The van der Waals surface area contributed by atoms with Gasteiger partial charge in [0.2, 0.25) is 5.82 Å². The molecule has 2 aromatic heterocycles. The van der Waals surface area contributed by atoms with Crippen molar-refractivity contribution in [1.82, 2.24) is 24.8 Å². The molecule has 0 unspecified atom stereocenters. The predicted octanol–water partition coefficient (Wildman–Crippen LogP) is 5.07. The minimum atomic E-state index is -0.231. The zero-order chi connectivity index (χ0) is 22.0. The molecular formula is C26H25FN6. The number of anilines is 1. The van der Waals surface area contributed by atoms with Gasteiger partial charge in [-0.15, -0.1) is 5.10 Å². The normalized spacial score (nSPS) is 18.3. The highest BCUT2D eigenvalue weighted by Crippen LogP contribution is 2.49. The first-order chi connectivity index (χ1) is 16.2.